The fourth-order valence-electron chi connectivity index (χ4n) is 1.84. The van der Waals surface area contributed by atoms with Crippen molar-refractivity contribution in [1.82, 2.24) is 0 Å². The summed E-state index contributed by atoms with van der Waals surface area (Å²) in [5, 5.41) is 0. The SMILES string of the molecule is C=C(C)C(=O)OCCC1CC[NH+](C)C1. The molecule has 1 aliphatic rings. The number of likely N-dealkylation sites (tertiary alicyclic amines) is 1. The third kappa shape index (κ3) is 3.50. The summed E-state index contributed by atoms with van der Waals surface area (Å²) >= 11 is 0. The lowest BCUT2D eigenvalue weighted by Crippen LogP contribution is -3.07. The Balaban J connectivity index is 2.10. The molecular formula is C11H20NO2+. The number of hydrogen-bond donors (Lipinski definition) is 1. The van der Waals surface area contributed by atoms with Crippen LogP contribution in [0.3, 0.4) is 0 Å². The van der Waals surface area contributed by atoms with E-state index in [0.717, 1.165) is 12.3 Å². The van der Waals surface area contributed by atoms with Gasteiger partial charge in [0.15, 0.2) is 0 Å². The predicted molar refractivity (Wildman–Crippen MR) is 55.1 cm³/mol. The van der Waals surface area contributed by atoms with Crippen LogP contribution in [0.4, 0.5) is 0 Å². The van der Waals surface area contributed by atoms with Gasteiger partial charge in [0, 0.05) is 17.9 Å². The molecule has 1 N–H and O–H groups in total. The van der Waals surface area contributed by atoms with E-state index in [1.807, 2.05) is 0 Å². The summed E-state index contributed by atoms with van der Waals surface area (Å²) in [5.41, 5.74) is 0.485. The fourth-order valence-corrected chi connectivity index (χ4v) is 1.84. The van der Waals surface area contributed by atoms with Crippen molar-refractivity contribution in [2.75, 3.05) is 26.7 Å². The van der Waals surface area contributed by atoms with Crippen molar-refractivity contribution >= 4 is 5.97 Å². The van der Waals surface area contributed by atoms with Crippen LogP contribution in [0.15, 0.2) is 12.2 Å². The molecule has 80 valence electrons. The molecule has 1 fully saturated rings. The van der Waals surface area contributed by atoms with Crippen molar-refractivity contribution < 1.29 is 14.4 Å². The number of hydrogen-bond acceptors (Lipinski definition) is 2. The van der Waals surface area contributed by atoms with Crippen LogP contribution >= 0.6 is 0 Å². The Hall–Kier alpha value is -0.830. The highest BCUT2D eigenvalue weighted by Gasteiger charge is 2.22. The maximum atomic E-state index is 11.1. The van der Waals surface area contributed by atoms with Crippen LogP contribution in [0, 0.1) is 5.92 Å². The molecule has 2 atom stereocenters. The molecule has 0 aromatic heterocycles. The highest BCUT2D eigenvalue weighted by Crippen LogP contribution is 2.09. The van der Waals surface area contributed by atoms with Crippen LogP contribution in [0.1, 0.15) is 19.8 Å². The molecule has 1 aliphatic heterocycles. The molecule has 0 saturated carbocycles. The Kier molecular flexibility index (Phi) is 4.14. The minimum atomic E-state index is -0.260. The van der Waals surface area contributed by atoms with Gasteiger partial charge in [-0.25, -0.2) is 4.79 Å². The summed E-state index contributed by atoms with van der Waals surface area (Å²) in [6.45, 7) is 8.22. The third-order valence-electron chi connectivity index (χ3n) is 2.72. The topological polar surface area (TPSA) is 30.7 Å². The number of rotatable bonds is 4. The number of nitrogens with one attached hydrogen (secondary N) is 1. The lowest BCUT2D eigenvalue weighted by Gasteiger charge is -2.08. The highest BCUT2D eigenvalue weighted by molar-refractivity contribution is 5.86. The minimum absolute atomic E-state index is 0.260. The van der Waals surface area contributed by atoms with Crippen LogP contribution in [0.2, 0.25) is 0 Å². The number of quaternary nitrogens is 1. The smallest absolute Gasteiger partial charge is 0.333 e. The molecule has 1 rings (SSSR count). The third-order valence-corrected chi connectivity index (χ3v) is 2.72. The van der Waals surface area contributed by atoms with Crippen LogP contribution in [-0.2, 0) is 9.53 Å². The van der Waals surface area contributed by atoms with Gasteiger partial charge in [-0.15, -0.1) is 0 Å². The standard InChI is InChI=1S/C11H19NO2/c1-9(2)11(13)14-7-5-10-4-6-12(3)8-10/h10H,1,4-8H2,2-3H3/p+1. The number of esters is 1. The summed E-state index contributed by atoms with van der Waals surface area (Å²) in [6, 6.07) is 0. The van der Waals surface area contributed by atoms with Gasteiger partial charge in [0.25, 0.3) is 0 Å². The second kappa shape index (κ2) is 5.15. The Morgan fingerprint density at radius 1 is 1.64 bits per heavy atom. The molecule has 2 unspecified atom stereocenters. The molecule has 0 bridgehead atoms. The maximum absolute atomic E-state index is 11.1. The molecule has 1 heterocycles. The summed E-state index contributed by atoms with van der Waals surface area (Å²) in [5.74, 6) is 0.469. The van der Waals surface area contributed by atoms with Gasteiger partial charge in [-0.05, 0) is 13.3 Å². The van der Waals surface area contributed by atoms with E-state index in [0.29, 0.717) is 12.2 Å². The normalized spacial score (nSPS) is 26.1. The first-order valence-electron chi connectivity index (χ1n) is 5.23. The molecule has 3 heteroatoms. The van der Waals surface area contributed by atoms with Crippen molar-refractivity contribution in [3.05, 3.63) is 12.2 Å². The Morgan fingerprint density at radius 3 is 2.86 bits per heavy atom. The zero-order chi connectivity index (χ0) is 10.6. The molecule has 1 saturated heterocycles. The first-order valence-corrected chi connectivity index (χ1v) is 5.23. The quantitative estimate of drug-likeness (QED) is 0.510. The highest BCUT2D eigenvalue weighted by atomic mass is 16.5. The van der Waals surface area contributed by atoms with E-state index in [1.54, 1.807) is 11.8 Å². The zero-order valence-corrected chi connectivity index (χ0v) is 9.14. The van der Waals surface area contributed by atoms with Gasteiger partial charge in [0.05, 0.1) is 26.7 Å². The fraction of sp³-hybridized carbons (Fsp3) is 0.727. The molecule has 0 aliphatic carbocycles. The zero-order valence-electron chi connectivity index (χ0n) is 9.14. The average molecular weight is 198 g/mol. The lowest BCUT2D eigenvalue weighted by atomic mass is 10.1. The van der Waals surface area contributed by atoms with E-state index in [1.165, 1.54) is 19.5 Å². The van der Waals surface area contributed by atoms with Gasteiger partial charge in [0.1, 0.15) is 0 Å². The van der Waals surface area contributed by atoms with Crippen molar-refractivity contribution in [2.45, 2.75) is 19.8 Å². The van der Waals surface area contributed by atoms with Crippen LogP contribution < -0.4 is 4.90 Å². The van der Waals surface area contributed by atoms with E-state index >= 15 is 0 Å². The van der Waals surface area contributed by atoms with Crippen molar-refractivity contribution in [1.29, 1.82) is 0 Å². The molecule has 3 nitrogen and oxygen atoms in total. The van der Waals surface area contributed by atoms with E-state index < -0.39 is 0 Å². The van der Waals surface area contributed by atoms with Gasteiger partial charge in [-0.2, -0.15) is 0 Å². The first kappa shape index (κ1) is 11.2. The van der Waals surface area contributed by atoms with Gasteiger partial charge < -0.3 is 9.64 Å². The van der Waals surface area contributed by atoms with Crippen molar-refractivity contribution in [3.8, 4) is 0 Å². The van der Waals surface area contributed by atoms with Gasteiger partial charge >= 0.3 is 5.97 Å². The number of carbonyl (C=O) groups excluding carboxylic acids is 1. The summed E-state index contributed by atoms with van der Waals surface area (Å²) in [6.07, 6.45) is 2.26. The van der Waals surface area contributed by atoms with E-state index in [2.05, 4.69) is 13.6 Å². The van der Waals surface area contributed by atoms with Gasteiger partial charge in [0.2, 0.25) is 0 Å². The van der Waals surface area contributed by atoms with Gasteiger partial charge in [-0.3, -0.25) is 0 Å². The summed E-state index contributed by atoms with van der Waals surface area (Å²) < 4.78 is 5.05. The molecule has 0 aromatic carbocycles. The Labute approximate surface area is 85.7 Å². The predicted octanol–water partition coefficient (Wildman–Crippen LogP) is 0.0304. The molecular weight excluding hydrogens is 178 g/mol. The largest absolute Gasteiger partial charge is 0.462 e. The summed E-state index contributed by atoms with van der Waals surface area (Å²) in [4.78, 5) is 12.6. The van der Waals surface area contributed by atoms with Crippen LogP contribution in [0.5, 0.6) is 0 Å². The monoisotopic (exact) mass is 198 g/mol. The maximum Gasteiger partial charge on any atom is 0.333 e. The molecule has 14 heavy (non-hydrogen) atoms. The van der Waals surface area contributed by atoms with E-state index in [-0.39, 0.29) is 5.97 Å². The Bertz CT molecular complexity index is 225. The lowest BCUT2D eigenvalue weighted by molar-refractivity contribution is -0.867. The number of ether oxygens (including phenoxy) is 1. The van der Waals surface area contributed by atoms with E-state index in [9.17, 15) is 4.79 Å². The molecule has 0 spiro atoms. The van der Waals surface area contributed by atoms with Crippen LogP contribution in [0.25, 0.3) is 0 Å². The second-order valence-electron chi connectivity index (χ2n) is 4.27. The van der Waals surface area contributed by atoms with Crippen LogP contribution in [-0.4, -0.2) is 32.7 Å². The second-order valence-corrected chi connectivity index (χ2v) is 4.27. The molecule has 0 aromatic rings. The van der Waals surface area contributed by atoms with E-state index in [4.69, 9.17) is 4.74 Å². The van der Waals surface area contributed by atoms with Crippen molar-refractivity contribution in [2.24, 2.45) is 5.92 Å². The number of carbonyl (C=O) groups is 1. The van der Waals surface area contributed by atoms with Crippen molar-refractivity contribution in [3.63, 3.8) is 0 Å². The first-order chi connectivity index (χ1) is 6.59. The van der Waals surface area contributed by atoms with Gasteiger partial charge in [-0.1, -0.05) is 6.58 Å². The molecule has 0 amide bonds. The molecule has 0 radical (unpaired) electrons. The average Bonchev–Trinajstić information content (AvgIpc) is 2.51. The Morgan fingerprint density at radius 2 is 2.36 bits per heavy atom. The minimum Gasteiger partial charge on any atom is -0.462 e. The summed E-state index contributed by atoms with van der Waals surface area (Å²) in [7, 11) is 2.21.